The van der Waals surface area contributed by atoms with Crippen molar-refractivity contribution in [3.8, 4) is 0 Å². The lowest BCUT2D eigenvalue weighted by Crippen LogP contribution is -2.32. The van der Waals surface area contributed by atoms with Gasteiger partial charge in [0.2, 0.25) is 0 Å². The van der Waals surface area contributed by atoms with Gasteiger partial charge in [0.25, 0.3) is 5.91 Å². The van der Waals surface area contributed by atoms with Crippen molar-refractivity contribution in [3.05, 3.63) is 52.5 Å². The third-order valence-corrected chi connectivity index (χ3v) is 3.96. The molecule has 1 amide bonds. The van der Waals surface area contributed by atoms with Crippen LogP contribution in [0.5, 0.6) is 0 Å². The van der Waals surface area contributed by atoms with Gasteiger partial charge in [-0.05, 0) is 5.56 Å². The Balaban J connectivity index is 2.15. The van der Waals surface area contributed by atoms with Gasteiger partial charge in [-0.3, -0.25) is 9.00 Å². The molecule has 0 saturated heterocycles. The van der Waals surface area contributed by atoms with E-state index < -0.39 is 10.8 Å². The monoisotopic (exact) mass is 294 g/mol. The number of thiazole rings is 1. The molecule has 2 aromatic rings. The van der Waals surface area contributed by atoms with E-state index in [1.807, 2.05) is 30.3 Å². The second kappa shape index (κ2) is 6.58. The Morgan fingerprint density at radius 2 is 2.16 bits per heavy atom. The summed E-state index contributed by atoms with van der Waals surface area (Å²) >= 11 is 1.37. The second-order valence-corrected chi connectivity index (χ2v) is 6.25. The van der Waals surface area contributed by atoms with Gasteiger partial charge in [-0.15, -0.1) is 11.3 Å². The Morgan fingerprint density at radius 1 is 1.42 bits per heavy atom. The Morgan fingerprint density at radius 3 is 2.74 bits per heavy atom. The Labute approximate surface area is 118 Å². The molecule has 19 heavy (non-hydrogen) atoms. The molecule has 6 heteroatoms. The standard InChI is InChI=1S/C13H14N2O2S2/c1-19(17)8-12(10-5-3-2-4-6-10)15-13(16)11-7-18-9-14-11/h2-7,9,12H,8H2,1H3,(H,15,16)/t12-,19+/m1/s1. The lowest BCUT2D eigenvalue weighted by Gasteiger charge is -2.17. The maximum atomic E-state index is 12.0. The number of nitrogens with one attached hydrogen (secondary N) is 1. The summed E-state index contributed by atoms with van der Waals surface area (Å²) in [6.07, 6.45) is 1.63. The highest BCUT2D eigenvalue weighted by Gasteiger charge is 2.17. The molecule has 0 aliphatic rings. The van der Waals surface area contributed by atoms with Crippen molar-refractivity contribution in [1.82, 2.24) is 10.3 Å². The van der Waals surface area contributed by atoms with Crippen molar-refractivity contribution in [1.29, 1.82) is 0 Å². The predicted octanol–water partition coefficient (Wildman–Crippen LogP) is 1.99. The summed E-state index contributed by atoms with van der Waals surface area (Å²) < 4.78 is 11.4. The Hall–Kier alpha value is -1.53. The summed E-state index contributed by atoms with van der Waals surface area (Å²) in [6.45, 7) is 0. The van der Waals surface area contributed by atoms with Gasteiger partial charge in [0.1, 0.15) is 5.69 Å². The highest BCUT2D eigenvalue weighted by atomic mass is 32.2. The fourth-order valence-corrected chi connectivity index (χ4v) is 2.98. The van der Waals surface area contributed by atoms with Crippen LogP contribution in [0.15, 0.2) is 41.2 Å². The van der Waals surface area contributed by atoms with Gasteiger partial charge in [-0.1, -0.05) is 30.3 Å². The highest BCUT2D eigenvalue weighted by molar-refractivity contribution is 7.84. The molecule has 0 bridgehead atoms. The fraction of sp³-hybridized carbons (Fsp3) is 0.231. The van der Waals surface area contributed by atoms with Crippen molar-refractivity contribution >= 4 is 28.0 Å². The third kappa shape index (κ3) is 3.97. The molecule has 100 valence electrons. The number of aromatic nitrogens is 1. The maximum Gasteiger partial charge on any atom is 0.271 e. The molecule has 4 nitrogen and oxygen atoms in total. The third-order valence-electron chi connectivity index (χ3n) is 2.57. The molecule has 1 N–H and O–H groups in total. The summed E-state index contributed by atoms with van der Waals surface area (Å²) in [7, 11) is -0.992. The van der Waals surface area contributed by atoms with Crippen LogP contribution in [0.2, 0.25) is 0 Å². The van der Waals surface area contributed by atoms with Gasteiger partial charge in [-0.25, -0.2) is 4.98 Å². The number of amides is 1. The van der Waals surface area contributed by atoms with E-state index in [2.05, 4.69) is 10.3 Å². The summed E-state index contributed by atoms with van der Waals surface area (Å²) in [5, 5.41) is 4.57. The van der Waals surface area contributed by atoms with Gasteiger partial charge in [-0.2, -0.15) is 0 Å². The Kier molecular flexibility index (Phi) is 4.81. The van der Waals surface area contributed by atoms with E-state index in [9.17, 15) is 9.00 Å². The van der Waals surface area contributed by atoms with Gasteiger partial charge < -0.3 is 5.32 Å². The van der Waals surface area contributed by atoms with Gasteiger partial charge in [0.05, 0.1) is 11.6 Å². The largest absolute Gasteiger partial charge is 0.343 e. The van der Waals surface area contributed by atoms with Crippen molar-refractivity contribution in [2.75, 3.05) is 12.0 Å². The highest BCUT2D eigenvalue weighted by Crippen LogP contribution is 2.14. The molecule has 1 aromatic carbocycles. The lowest BCUT2D eigenvalue weighted by atomic mass is 10.1. The summed E-state index contributed by atoms with van der Waals surface area (Å²) in [5.41, 5.74) is 2.96. The van der Waals surface area contributed by atoms with Crippen LogP contribution >= 0.6 is 11.3 Å². The van der Waals surface area contributed by atoms with Crippen LogP contribution in [0.4, 0.5) is 0 Å². The number of benzene rings is 1. The molecular formula is C13H14N2O2S2. The molecule has 2 atom stereocenters. The zero-order valence-electron chi connectivity index (χ0n) is 10.4. The normalized spacial score (nSPS) is 13.7. The maximum absolute atomic E-state index is 12.0. The van der Waals surface area contributed by atoms with Crippen molar-refractivity contribution in [2.45, 2.75) is 6.04 Å². The fourth-order valence-electron chi connectivity index (χ4n) is 1.70. The van der Waals surface area contributed by atoms with E-state index >= 15 is 0 Å². The molecule has 1 aromatic heterocycles. The summed E-state index contributed by atoms with van der Waals surface area (Å²) in [4.78, 5) is 16.0. The minimum absolute atomic E-state index is 0.236. The second-order valence-electron chi connectivity index (χ2n) is 4.05. The quantitative estimate of drug-likeness (QED) is 0.917. The summed E-state index contributed by atoms with van der Waals surface area (Å²) in [6, 6.07) is 9.27. The number of carbonyl (C=O) groups excluding carboxylic acids is 1. The van der Waals surface area contributed by atoms with E-state index in [0.29, 0.717) is 11.4 Å². The SMILES string of the molecule is C[S@](=O)C[C@@H](NC(=O)c1cscn1)c1ccccc1. The number of carbonyl (C=O) groups is 1. The smallest absolute Gasteiger partial charge is 0.271 e. The first-order valence-corrected chi connectivity index (χ1v) is 8.38. The zero-order valence-corrected chi connectivity index (χ0v) is 12.0. The van der Waals surface area contributed by atoms with Crippen LogP contribution in [0.1, 0.15) is 22.1 Å². The van der Waals surface area contributed by atoms with E-state index in [4.69, 9.17) is 0 Å². The first kappa shape index (κ1) is 13.9. The minimum atomic E-state index is -0.992. The zero-order chi connectivity index (χ0) is 13.7. The van der Waals surface area contributed by atoms with Crippen LogP contribution in [0.3, 0.4) is 0 Å². The molecule has 0 aliphatic carbocycles. The number of hydrogen-bond acceptors (Lipinski definition) is 4. The number of rotatable bonds is 5. The summed E-state index contributed by atoms with van der Waals surface area (Å²) in [5.74, 6) is 0.153. The number of hydrogen-bond donors (Lipinski definition) is 1. The first-order valence-electron chi connectivity index (χ1n) is 5.71. The molecule has 0 unspecified atom stereocenters. The van der Waals surface area contributed by atoms with E-state index in [1.165, 1.54) is 11.3 Å². The topological polar surface area (TPSA) is 59.1 Å². The van der Waals surface area contributed by atoms with Crippen LogP contribution in [-0.2, 0) is 10.8 Å². The van der Waals surface area contributed by atoms with Gasteiger partial charge >= 0.3 is 0 Å². The minimum Gasteiger partial charge on any atom is -0.343 e. The van der Waals surface area contributed by atoms with Crippen LogP contribution < -0.4 is 5.32 Å². The molecule has 0 spiro atoms. The van der Waals surface area contributed by atoms with E-state index in [1.54, 1.807) is 17.1 Å². The molecule has 2 rings (SSSR count). The van der Waals surface area contributed by atoms with Crippen molar-refractivity contribution in [3.63, 3.8) is 0 Å². The molecule has 0 saturated carbocycles. The first-order chi connectivity index (χ1) is 9.16. The Bertz CT molecular complexity index is 555. The predicted molar refractivity (Wildman–Crippen MR) is 77.7 cm³/mol. The molecule has 1 heterocycles. The van der Waals surface area contributed by atoms with Crippen molar-refractivity contribution < 1.29 is 9.00 Å². The van der Waals surface area contributed by atoms with Gasteiger partial charge in [0, 0.05) is 28.2 Å². The number of nitrogens with zero attached hydrogens (tertiary/aromatic N) is 1. The van der Waals surface area contributed by atoms with Crippen LogP contribution in [-0.4, -0.2) is 27.1 Å². The molecule has 0 aliphatic heterocycles. The van der Waals surface area contributed by atoms with E-state index in [0.717, 1.165) is 5.56 Å². The van der Waals surface area contributed by atoms with Crippen LogP contribution in [0, 0.1) is 0 Å². The lowest BCUT2D eigenvalue weighted by molar-refractivity contribution is 0.0936. The van der Waals surface area contributed by atoms with Crippen molar-refractivity contribution in [2.24, 2.45) is 0 Å². The van der Waals surface area contributed by atoms with Crippen LogP contribution in [0.25, 0.3) is 0 Å². The molecule has 0 fully saturated rings. The molecule has 0 radical (unpaired) electrons. The average molecular weight is 294 g/mol. The average Bonchev–Trinajstić information content (AvgIpc) is 2.92. The molecular weight excluding hydrogens is 280 g/mol. The van der Waals surface area contributed by atoms with Gasteiger partial charge in [0.15, 0.2) is 0 Å². The van der Waals surface area contributed by atoms with E-state index in [-0.39, 0.29) is 11.9 Å².